The predicted octanol–water partition coefficient (Wildman–Crippen LogP) is 8.11. The maximum absolute atomic E-state index is 13.3. The van der Waals surface area contributed by atoms with Gasteiger partial charge < -0.3 is 19.8 Å². The zero-order valence-electron chi connectivity index (χ0n) is 28.1. The van der Waals surface area contributed by atoms with E-state index in [1.54, 1.807) is 0 Å². The first-order valence-electron chi connectivity index (χ1n) is 18.7. The first-order valence-corrected chi connectivity index (χ1v) is 18.7. The number of aromatic amines is 2. The van der Waals surface area contributed by atoms with Gasteiger partial charge in [0.1, 0.15) is 11.6 Å². The number of carbonyl (C=O) groups is 2. The highest BCUT2D eigenvalue weighted by atomic mass is 16.2. The van der Waals surface area contributed by atoms with Crippen molar-refractivity contribution in [1.29, 1.82) is 0 Å². The summed E-state index contributed by atoms with van der Waals surface area (Å²) in [6.07, 6.45) is 17.8. The van der Waals surface area contributed by atoms with Crippen LogP contribution in [0.3, 0.4) is 0 Å². The molecule has 0 unspecified atom stereocenters. The summed E-state index contributed by atoms with van der Waals surface area (Å²) in [7, 11) is 0. The van der Waals surface area contributed by atoms with E-state index >= 15 is 0 Å². The van der Waals surface area contributed by atoms with Crippen LogP contribution in [0.25, 0.3) is 22.1 Å². The number of likely N-dealkylation sites (tertiary alicyclic amines) is 2. The van der Waals surface area contributed by atoms with E-state index < -0.39 is 0 Å². The predicted molar refractivity (Wildman–Crippen MR) is 188 cm³/mol. The fourth-order valence-electron chi connectivity index (χ4n) is 8.88. The van der Waals surface area contributed by atoms with Gasteiger partial charge in [0.2, 0.25) is 11.8 Å². The lowest BCUT2D eigenvalue weighted by molar-refractivity contribution is -0.134. The molecule has 0 radical (unpaired) electrons. The molecule has 8 nitrogen and oxygen atoms in total. The molecule has 2 amide bonds. The standard InChI is InChI=1S/C40H48N6O2/c47-37(25-27-9-3-1-4-10-27)45-21-7-13-35(45)39-41-31-19-17-29(23-33(31)43-39)15-16-30-18-20-32-34(24-30)44-40(42-32)36-14-8-22-46(36)38(48)26-28-11-5-2-6-12-28/h17-20,23-24,27-28,35-36H,1-14,21-22,25-26H2,(H,41,43)(H,42,44)/t35-,36-/m0/s1. The number of H-pyrrole nitrogens is 2. The molecule has 4 fully saturated rings. The van der Waals surface area contributed by atoms with Gasteiger partial charge in [-0.2, -0.15) is 0 Å². The molecule has 2 aromatic carbocycles. The third-order valence-corrected chi connectivity index (χ3v) is 11.5. The molecule has 4 heterocycles. The second kappa shape index (κ2) is 13.8. The molecule has 2 aromatic heterocycles. The van der Waals surface area contributed by atoms with Crippen molar-refractivity contribution in [2.45, 2.75) is 115 Å². The van der Waals surface area contributed by atoms with Crippen LogP contribution in [0.1, 0.15) is 138 Å². The summed E-state index contributed by atoms with van der Waals surface area (Å²) in [5.74, 6) is 10.1. The SMILES string of the molecule is O=C(CC1CCCCC1)N1CCC[C@H]1c1nc2cc(C#Cc3ccc4[nH]c([C@@H]5CCCN5C(=O)CC5CCCCC5)nc4c3)ccc2[nH]1. The van der Waals surface area contributed by atoms with E-state index in [4.69, 9.17) is 9.97 Å². The van der Waals surface area contributed by atoms with Crippen LogP contribution in [-0.4, -0.2) is 54.6 Å². The number of benzene rings is 2. The van der Waals surface area contributed by atoms with Crippen molar-refractivity contribution in [3.8, 4) is 11.8 Å². The van der Waals surface area contributed by atoms with Gasteiger partial charge in [0.25, 0.3) is 0 Å². The number of imidazole rings is 2. The van der Waals surface area contributed by atoms with Gasteiger partial charge in [-0.25, -0.2) is 9.97 Å². The quantitative estimate of drug-likeness (QED) is 0.207. The maximum atomic E-state index is 13.3. The zero-order valence-corrected chi connectivity index (χ0v) is 28.1. The molecule has 2 saturated heterocycles. The average molecular weight is 645 g/mol. The summed E-state index contributed by atoms with van der Waals surface area (Å²) >= 11 is 0. The van der Waals surface area contributed by atoms with Crippen LogP contribution < -0.4 is 0 Å². The minimum Gasteiger partial charge on any atom is -0.340 e. The average Bonchev–Trinajstić information content (AvgIpc) is 3.93. The Bertz CT molecular complexity index is 1720. The van der Waals surface area contributed by atoms with Crippen LogP contribution in [0, 0.1) is 23.7 Å². The molecular formula is C40H48N6O2. The van der Waals surface area contributed by atoms with E-state index in [0.29, 0.717) is 36.5 Å². The minimum absolute atomic E-state index is 0.0276. The highest BCUT2D eigenvalue weighted by Gasteiger charge is 2.34. The van der Waals surface area contributed by atoms with Crippen molar-refractivity contribution in [3.63, 3.8) is 0 Å². The van der Waals surface area contributed by atoms with Crippen molar-refractivity contribution in [2.24, 2.45) is 11.8 Å². The van der Waals surface area contributed by atoms with Crippen molar-refractivity contribution in [2.75, 3.05) is 13.1 Å². The van der Waals surface area contributed by atoms with Gasteiger partial charge in [0.15, 0.2) is 0 Å². The molecule has 2 atom stereocenters. The smallest absolute Gasteiger partial charge is 0.223 e. The Hall–Kier alpha value is -4.12. The van der Waals surface area contributed by atoms with Gasteiger partial charge in [0, 0.05) is 37.1 Å². The summed E-state index contributed by atoms with van der Waals surface area (Å²) in [6, 6.07) is 12.3. The molecule has 250 valence electrons. The summed E-state index contributed by atoms with van der Waals surface area (Å²) in [4.78, 5) is 47.7. The van der Waals surface area contributed by atoms with Crippen LogP contribution in [-0.2, 0) is 9.59 Å². The lowest BCUT2D eigenvalue weighted by atomic mass is 9.86. The van der Waals surface area contributed by atoms with Gasteiger partial charge in [0.05, 0.1) is 34.2 Å². The van der Waals surface area contributed by atoms with Crippen molar-refractivity contribution in [3.05, 3.63) is 59.2 Å². The number of nitrogens with one attached hydrogen (secondary N) is 2. The van der Waals surface area contributed by atoms with Gasteiger partial charge >= 0.3 is 0 Å². The third-order valence-electron chi connectivity index (χ3n) is 11.5. The van der Waals surface area contributed by atoms with Gasteiger partial charge in [-0.15, -0.1) is 0 Å². The molecule has 2 N–H and O–H groups in total. The lowest BCUT2D eigenvalue weighted by Gasteiger charge is -2.27. The monoisotopic (exact) mass is 644 g/mol. The van der Waals surface area contributed by atoms with E-state index in [1.165, 1.54) is 64.2 Å². The molecule has 2 aliphatic heterocycles. The molecule has 0 bridgehead atoms. The Kier molecular flexibility index (Phi) is 8.95. The van der Waals surface area contributed by atoms with Crippen molar-refractivity contribution < 1.29 is 9.59 Å². The minimum atomic E-state index is 0.0276. The molecule has 48 heavy (non-hydrogen) atoms. The molecule has 8 heteroatoms. The van der Waals surface area contributed by atoms with Crippen molar-refractivity contribution in [1.82, 2.24) is 29.7 Å². The van der Waals surface area contributed by atoms with Crippen LogP contribution in [0.5, 0.6) is 0 Å². The van der Waals surface area contributed by atoms with E-state index in [0.717, 1.165) is 83.6 Å². The van der Waals surface area contributed by atoms with E-state index in [9.17, 15) is 9.59 Å². The molecule has 4 aromatic rings. The first kappa shape index (κ1) is 31.2. The summed E-state index contributed by atoms with van der Waals surface area (Å²) < 4.78 is 0. The van der Waals surface area contributed by atoms with E-state index in [-0.39, 0.29) is 12.1 Å². The summed E-state index contributed by atoms with van der Waals surface area (Å²) in [5.41, 5.74) is 5.53. The largest absolute Gasteiger partial charge is 0.340 e. The number of hydrogen-bond acceptors (Lipinski definition) is 4. The van der Waals surface area contributed by atoms with E-state index in [1.807, 2.05) is 36.4 Å². The number of hydrogen-bond donors (Lipinski definition) is 2. The van der Waals surface area contributed by atoms with Gasteiger partial charge in [-0.05, 0) is 99.6 Å². The Morgan fingerprint density at radius 1 is 0.604 bits per heavy atom. The molecule has 2 aliphatic carbocycles. The zero-order chi connectivity index (χ0) is 32.5. The van der Waals surface area contributed by atoms with Crippen LogP contribution >= 0.6 is 0 Å². The van der Waals surface area contributed by atoms with Crippen LogP contribution in [0.15, 0.2) is 36.4 Å². The lowest BCUT2D eigenvalue weighted by Crippen LogP contribution is -2.32. The Morgan fingerprint density at radius 3 is 1.48 bits per heavy atom. The molecule has 2 saturated carbocycles. The topological polar surface area (TPSA) is 98.0 Å². The summed E-state index contributed by atoms with van der Waals surface area (Å²) in [5, 5.41) is 0. The first-order chi connectivity index (χ1) is 23.6. The number of fused-ring (bicyclic) bond motifs is 2. The summed E-state index contributed by atoms with van der Waals surface area (Å²) in [6.45, 7) is 1.65. The number of amides is 2. The fourth-order valence-corrected chi connectivity index (χ4v) is 8.88. The second-order valence-corrected chi connectivity index (χ2v) is 14.9. The number of rotatable bonds is 6. The highest BCUT2D eigenvalue weighted by molar-refractivity contribution is 5.80. The molecule has 8 rings (SSSR count). The van der Waals surface area contributed by atoms with Gasteiger partial charge in [-0.1, -0.05) is 50.4 Å². The number of carbonyl (C=O) groups excluding carboxylic acids is 2. The Labute approximate surface area is 283 Å². The number of aromatic nitrogens is 4. The Balaban J connectivity index is 0.948. The van der Waals surface area contributed by atoms with Crippen LogP contribution in [0.4, 0.5) is 0 Å². The molecular weight excluding hydrogens is 596 g/mol. The molecule has 0 spiro atoms. The fraction of sp³-hybridized carbons (Fsp3) is 0.550. The van der Waals surface area contributed by atoms with E-state index in [2.05, 4.69) is 31.6 Å². The second-order valence-electron chi connectivity index (χ2n) is 14.9. The van der Waals surface area contributed by atoms with Crippen molar-refractivity contribution >= 4 is 33.9 Å². The Morgan fingerprint density at radius 2 is 1.04 bits per heavy atom. The maximum Gasteiger partial charge on any atom is 0.223 e. The molecule has 4 aliphatic rings. The normalized spacial score (nSPS) is 22.4. The number of nitrogens with zero attached hydrogens (tertiary/aromatic N) is 4. The van der Waals surface area contributed by atoms with Crippen LogP contribution in [0.2, 0.25) is 0 Å². The van der Waals surface area contributed by atoms with Gasteiger partial charge in [-0.3, -0.25) is 9.59 Å². The third kappa shape index (κ3) is 6.61. The highest BCUT2D eigenvalue weighted by Crippen LogP contribution is 2.36.